The average molecular weight is 632 g/mol. The first-order valence-corrected chi connectivity index (χ1v) is 12.8. The second-order valence-electron chi connectivity index (χ2n) is 8.69. The lowest BCUT2D eigenvalue weighted by molar-refractivity contribution is -0.140. The summed E-state index contributed by atoms with van der Waals surface area (Å²) in [6.45, 7) is -1.88. The lowest BCUT2D eigenvalue weighted by Gasteiger charge is -2.37. The Morgan fingerprint density at radius 1 is 0.786 bits per heavy atom. The lowest BCUT2D eigenvalue weighted by Crippen LogP contribution is -2.53. The van der Waals surface area contributed by atoms with Gasteiger partial charge in [-0.05, 0) is 41.0 Å². The number of hydrogen-bond acceptors (Lipinski definition) is 4. The van der Waals surface area contributed by atoms with Gasteiger partial charge in [0.15, 0.2) is 0 Å². The second-order valence-corrected chi connectivity index (χ2v) is 10.2. The van der Waals surface area contributed by atoms with Gasteiger partial charge in [-0.15, -0.1) is 0 Å². The number of carbonyl (C=O) groups is 1. The van der Waals surface area contributed by atoms with Gasteiger partial charge in [0.25, 0.3) is 0 Å². The van der Waals surface area contributed by atoms with E-state index >= 15 is 0 Å². The largest absolute Gasteiger partial charge is 0.534 e. The number of nitrogens with one attached hydrogen (secondary N) is 2. The van der Waals surface area contributed by atoms with Crippen molar-refractivity contribution >= 4 is 16.1 Å². The third kappa shape index (κ3) is 7.83. The van der Waals surface area contributed by atoms with E-state index in [1.807, 2.05) is 0 Å². The predicted octanol–water partition coefficient (Wildman–Crippen LogP) is 6.42. The Hall–Kier alpha value is -4.02. The van der Waals surface area contributed by atoms with Crippen molar-refractivity contribution in [1.29, 1.82) is 0 Å². The zero-order valence-corrected chi connectivity index (χ0v) is 21.5. The summed E-state index contributed by atoms with van der Waals surface area (Å²) in [5, 5.41) is 3.62. The summed E-state index contributed by atoms with van der Waals surface area (Å²) in [4.78, 5) is 12.7. The molecule has 1 atom stereocenters. The number of carbonyl (C=O) groups excluding carboxylic acids is 1. The van der Waals surface area contributed by atoms with Crippen molar-refractivity contribution in [3.8, 4) is 5.75 Å². The molecule has 3 rings (SSSR count). The molecule has 0 saturated heterocycles. The van der Waals surface area contributed by atoms with Crippen molar-refractivity contribution in [2.24, 2.45) is 0 Å². The number of amides is 2. The van der Waals surface area contributed by atoms with Gasteiger partial charge in [-0.1, -0.05) is 48.5 Å². The van der Waals surface area contributed by atoms with Crippen LogP contribution < -0.4 is 14.8 Å². The number of urea groups is 1. The summed E-state index contributed by atoms with van der Waals surface area (Å²) in [5.41, 5.74) is -10.8. The Morgan fingerprint density at radius 3 is 1.98 bits per heavy atom. The molecule has 0 aromatic heterocycles. The minimum atomic E-state index is -6.24. The topological polar surface area (TPSA) is 84.5 Å². The number of benzene rings is 3. The van der Waals surface area contributed by atoms with Crippen molar-refractivity contribution in [3.63, 3.8) is 0 Å². The van der Waals surface area contributed by atoms with Crippen LogP contribution in [0.15, 0.2) is 72.8 Å². The average Bonchev–Trinajstić information content (AvgIpc) is 2.86. The number of hydrogen-bond donors (Lipinski definition) is 2. The van der Waals surface area contributed by atoms with Crippen LogP contribution in [0.1, 0.15) is 22.3 Å². The maximum absolute atomic E-state index is 14.2. The highest BCUT2D eigenvalue weighted by Crippen LogP contribution is 2.40. The van der Waals surface area contributed by atoms with Crippen LogP contribution in [0, 0.1) is 5.82 Å². The van der Waals surface area contributed by atoms with Crippen molar-refractivity contribution in [2.75, 3.05) is 6.54 Å². The highest BCUT2D eigenvalue weighted by Gasteiger charge is 2.49. The van der Waals surface area contributed by atoms with Crippen LogP contribution in [-0.4, -0.2) is 32.7 Å². The van der Waals surface area contributed by atoms with E-state index in [2.05, 4.69) is 9.50 Å². The summed E-state index contributed by atoms with van der Waals surface area (Å²) >= 11 is 0. The molecule has 0 spiro atoms. The Morgan fingerprint density at radius 2 is 1.40 bits per heavy atom. The molecule has 3 aromatic carbocycles. The molecule has 228 valence electrons. The zero-order chi connectivity index (χ0) is 31.6. The zero-order valence-electron chi connectivity index (χ0n) is 20.7. The molecule has 0 aliphatic rings. The van der Waals surface area contributed by atoms with Gasteiger partial charge in [0.1, 0.15) is 18.1 Å². The molecule has 0 aliphatic heterocycles. The van der Waals surface area contributed by atoms with Gasteiger partial charge in [-0.25, -0.2) is 9.18 Å². The third-order valence-electron chi connectivity index (χ3n) is 5.67. The van der Waals surface area contributed by atoms with Crippen molar-refractivity contribution < 1.29 is 61.3 Å². The molecule has 0 bridgehead atoms. The van der Waals surface area contributed by atoms with E-state index in [1.165, 1.54) is 35.6 Å². The number of alkyl halides is 9. The highest BCUT2D eigenvalue weighted by atomic mass is 32.2. The van der Waals surface area contributed by atoms with E-state index in [9.17, 15) is 57.1 Å². The molecule has 0 saturated carbocycles. The van der Waals surface area contributed by atoms with E-state index < -0.39 is 80.8 Å². The van der Waals surface area contributed by atoms with E-state index in [-0.39, 0.29) is 11.6 Å². The van der Waals surface area contributed by atoms with Crippen LogP contribution in [0.3, 0.4) is 0 Å². The van der Waals surface area contributed by atoms with Gasteiger partial charge in [-0.2, -0.15) is 47.9 Å². The van der Waals surface area contributed by atoms with E-state index in [0.717, 1.165) is 24.3 Å². The van der Waals surface area contributed by atoms with E-state index in [1.54, 1.807) is 0 Å². The maximum Gasteiger partial charge on any atom is 0.534 e. The molecular weight excluding hydrogens is 614 g/mol. The molecule has 0 aliphatic carbocycles. The second kappa shape index (κ2) is 11.7. The molecule has 0 fully saturated rings. The molecular formula is C25H18F10N2O4S. The van der Waals surface area contributed by atoms with Crippen LogP contribution in [-0.2, 0) is 28.3 Å². The van der Waals surface area contributed by atoms with Gasteiger partial charge in [0.05, 0.1) is 11.1 Å². The summed E-state index contributed by atoms with van der Waals surface area (Å²) in [6.07, 6.45) is -10.8. The first kappa shape index (κ1) is 32.5. The summed E-state index contributed by atoms with van der Waals surface area (Å²) < 4.78 is 160. The molecule has 42 heavy (non-hydrogen) atoms. The van der Waals surface area contributed by atoms with Crippen LogP contribution in [0.25, 0.3) is 0 Å². The first-order chi connectivity index (χ1) is 19.2. The third-order valence-corrected chi connectivity index (χ3v) is 6.65. The number of halogens is 10. The van der Waals surface area contributed by atoms with Crippen LogP contribution in [0.4, 0.5) is 48.7 Å². The lowest BCUT2D eigenvalue weighted by atomic mass is 9.77. The molecule has 0 radical (unpaired) electrons. The monoisotopic (exact) mass is 632 g/mol. The van der Waals surface area contributed by atoms with E-state index in [0.29, 0.717) is 12.1 Å². The van der Waals surface area contributed by atoms with Crippen molar-refractivity contribution in [3.05, 3.63) is 101 Å². The molecule has 3 aromatic rings. The summed E-state index contributed by atoms with van der Waals surface area (Å²) in [6, 6.07) is 10.5. The van der Waals surface area contributed by atoms with E-state index in [4.69, 9.17) is 0 Å². The van der Waals surface area contributed by atoms with Gasteiger partial charge in [-0.3, -0.25) is 0 Å². The van der Waals surface area contributed by atoms with Gasteiger partial charge in [0, 0.05) is 6.42 Å². The number of rotatable bonds is 8. The van der Waals surface area contributed by atoms with Gasteiger partial charge < -0.3 is 14.8 Å². The van der Waals surface area contributed by atoms with Crippen molar-refractivity contribution in [1.82, 2.24) is 10.6 Å². The Kier molecular flexibility index (Phi) is 9.05. The van der Waals surface area contributed by atoms with Crippen LogP contribution in [0.5, 0.6) is 5.75 Å². The summed E-state index contributed by atoms with van der Waals surface area (Å²) in [5.74, 6) is -2.74. The first-order valence-electron chi connectivity index (χ1n) is 11.4. The Bertz CT molecular complexity index is 1520. The normalized spacial score (nSPS) is 14.1. The molecule has 6 nitrogen and oxygen atoms in total. The van der Waals surface area contributed by atoms with Crippen LogP contribution >= 0.6 is 0 Å². The SMILES string of the molecule is O=C(NCC(F)(F)F)N[C@@](Cc1ccccc1)(c1cccc(OS(=O)(=O)C(F)(F)F)c1)c1ccc(F)c(C(F)(F)F)c1. The molecule has 0 heterocycles. The predicted molar refractivity (Wildman–Crippen MR) is 127 cm³/mol. The van der Waals surface area contributed by atoms with Gasteiger partial charge >= 0.3 is 34.0 Å². The van der Waals surface area contributed by atoms with Crippen LogP contribution in [0.2, 0.25) is 0 Å². The fourth-order valence-electron chi connectivity index (χ4n) is 3.88. The fourth-order valence-corrected chi connectivity index (χ4v) is 4.33. The molecule has 17 heteroatoms. The quantitative estimate of drug-likeness (QED) is 0.171. The highest BCUT2D eigenvalue weighted by molar-refractivity contribution is 7.88. The smallest absolute Gasteiger partial charge is 0.376 e. The minimum absolute atomic E-state index is 0.237. The summed E-state index contributed by atoms with van der Waals surface area (Å²) in [7, 11) is -6.24. The Labute approximate surface area is 231 Å². The Balaban J connectivity index is 2.31. The molecule has 2 N–H and O–H groups in total. The fraction of sp³-hybridized carbons (Fsp3) is 0.240. The molecule has 0 unspecified atom stereocenters. The maximum atomic E-state index is 14.2. The standard InChI is InChI=1S/C25H18F10N2O4S/c26-20-10-9-17(12-19(20)24(30,31)32)22(13-15-5-2-1-3-6-15,37-21(38)36-14-23(27,28)29)16-7-4-8-18(11-16)41-42(39,40)25(33,34)35/h1-12H,13-14H2,(H2,36,37,38)/t22-/m0/s1. The van der Waals surface area contributed by atoms with Gasteiger partial charge in [0.2, 0.25) is 0 Å². The van der Waals surface area contributed by atoms with Crippen molar-refractivity contribution in [2.45, 2.75) is 29.8 Å². The molecule has 2 amide bonds. The minimum Gasteiger partial charge on any atom is -0.376 e.